The second-order valence-corrected chi connectivity index (χ2v) is 5.86. The van der Waals surface area contributed by atoms with E-state index in [1.54, 1.807) is 0 Å². The van der Waals surface area contributed by atoms with Gasteiger partial charge in [-0.25, -0.2) is 0 Å². The van der Waals surface area contributed by atoms with Crippen molar-refractivity contribution in [2.45, 2.75) is 31.3 Å². The number of halogens is 1. The van der Waals surface area contributed by atoms with Crippen molar-refractivity contribution in [3.63, 3.8) is 0 Å². The fourth-order valence-electron chi connectivity index (χ4n) is 2.40. The molecule has 0 radical (unpaired) electrons. The number of hydrogen-bond acceptors (Lipinski definition) is 2. The number of fused-ring (bicyclic) bond motifs is 1. The molecule has 0 spiro atoms. The van der Waals surface area contributed by atoms with E-state index in [9.17, 15) is 4.79 Å². The summed E-state index contributed by atoms with van der Waals surface area (Å²) in [5.74, 6) is 0.128. The minimum Gasteiger partial charge on any atom is -0.336 e. The van der Waals surface area contributed by atoms with Crippen molar-refractivity contribution in [3.05, 3.63) is 33.8 Å². The lowest BCUT2D eigenvalue weighted by Crippen LogP contribution is -2.47. The Morgan fingerprint density at radius 1 is 1.41 bits per heavy atom. The normalized spacial score (nSPS) is 20.9. The number of benzene rings is 1. The van der Waals surface area contributed by atoms with Crippen LogP contribution in [0.4, 0.5) is 0 Å². The molecule has 1 amide bonds. The maximum atomic E-state index is 12.2. The second kappa shape index (κ2) is 3.82. The van der Waals surface area contributed by atoms with E-state index in [1.807, 2.05) is 11.0 Å². The number of nitrogens with two attached hydrogens (primary N) is 1. The van der Waals surface area contributed by atoms with Crippen molar-refractivity contribution in [3.8, 4) is 0 Å². The highest BCUT2D eigenvalue weighted by atomic mass is 79.9. The van der Waals surface area contributed by atoms with Crippen molar-refractivity contribution in [2.24, 2.45) is 5.73 Å². The Hall–Kier alpha value is -0.870. The van der Waals surface area contributed by atoms with Crippen LogP contribution in [-0.4, -0.2) is 22.9 Å². The third kappa shape index (κ3) is 1.89. The summed E-state index contributed by atoms with van der Waals surface area (Å²) in [7, 11) is 0. The quantitative estimate of drug-likeness (QED) is 0.859. The first-order valence-electron chi connectivity index (χ1n) is 5.95. The average Bonchev–Trinajstić information content (AvgIpc) is 3.08. The van der Waals surface area contributed by atoms with Crippen LogP contribution in [0.15, 0.2) is 22.7 Å². The molecule has 2 N–H and O–H groups in total. The van der Waals surface area contributed by atoms with Crippen LogP contribution in [0.5, 0.6) is 0 Å². The molecule has 1 aliphatic carbocycles. The Bertz CT molecular complexity index is 482. The molecule has 0 bridgehead atoms. The van der Waals surface area contributed by atoms with Gasteiger partial charge >= 0.3 is 0 Å². The summed E-state index contributed by atoms with van der Waals surface area (Å²) in [4.78, 5) is 14.1. The molecule has 1 aromatic carbocycles. The number of rotatable bonds is 1. The molecular weight excluding hydrogens is 280 g/mol. The molecule has 4 heteroatoms. The summed E-state index contributed by atoms with van der Waals surface area (Å²) >= 11 is 3.56. The fraction of sp³-hybridized carbons (Fsp3) is 0.462. The lowest BCUT2D eigenvalue weighted by molar-refractivity contribution is -0.134. The van der Waals surface area contributed by atoms with E-state index < -0.39 is 5.54 Å². The summed E-state index contributed by atoms with van der Waals surface area (Å²) in [5, 5.41) is 0. The molecule has 0 aromatic heterocycles. The predicted molar refractivity (Wildman–Crippen MR) is 69.4 cm³/mol. The molecule has 0 saturated heterocycles. The SMILES string of the molecule is NC1(C(=O)N2CCc3c(Br)cccc3C2)CC1. The van der Waals surface area contributed by atoms with Crippen molar-refractivity contribution >= 4 is 21.8 Å². The van der Waals surface area contributed by atoms with Gasteiger partial charge in [0.2, 0.25) is 5.91 Å². The molecule has 90 valence electrons. The highest BCUT2D eigenvalue weighted by Gasteiger charge is 2.48. The number of hydrogen-bond donors (Lipinski definition) is 1. The van der Waals surface area contributed by atoms with Crippen LogP contribution in [0, 0.1) is 0 Å². The van der Waals surface area contributed by atoms with E-state index in [0.29, 0.717) is 6.54 Å². The number of carbonyl (C=O) groups is 1. The van der Waals surface area contributed by atoms with Gasteiger partial charge in [-0.1, -0.05) is 28.1 Å². The van der Waals surface area contributed by atoms with Gasteiger partial charge in [0.25, 0.3) is 0 Å². The minimum absolute atomic E-state index is 0.128. The molecule has 2 aliphatic rings. The molecule has 3 rings (SSSR count). The van der Waals surface area contributed by atoms with Gasteiger partial charge in [-0.15, -0.1) is 0 Å². The van der Waals surface area contributed by atoms with Crippen molar-refractivity contribution < 1.29 is 4.79 Å². The van der Waals surface area contributed by atoms with Crippen LogP contribution in [0.3, 0.4) is 0 Å². The van der Waals surface area contributed by atoms with Crippen molar-refractivity contribution in [1.29, 1.82) is 0 Å². The fourth-order valence-corrected chi connectivity index (χ4v) is 3.01. The molecule has 0 unspecified atom stereocenters. The van der Waals surface area contributed by atoms with E-state index in [0.717, 1.165) is 30.3 Å². The molecule has 17 heavy (non-hydrogen) atoms. The molecule has 1 fully saturated rings. The lowest BCUT2D eigenvalue weighted by Gasteiger charge is -2.31. The first kappa shape index (κ1) is 11.2. The molecule has 1 heterocycles. The summed E-state index contributed by atoms with van der Waals surface area (Å²) < 4.78 is 1.15. The standard InChI is InChI=1S/C13H15BrN2O/c14-11-3-1-2-9-8-16(7-4-10(9)11)12(17)13(15)5-6-13/h1-3H,4-8,15H2. The van der Waals surface area contributed by atoms with Crippen LogP contribution in [0.2, 0.25) is 0 Å². The minimum atomic E-state index is -0.538. The zero-order chi connectivity index (χ0) is 12.0. The van der Waals surface area contributed by atoms with Crippen molar-refractivity contribution in [1.82, 2.24) is 4.90 Å². The maximum absolute atomic E-state index is 12.2. The van der Waals surface area contributed by atoms with E-state index >= 15 is 0 Å². The van der Waals surface area contributed by atoms with Gasteiger partial charge in [0.05, 0.1) is 5.54 Å². The zero-order valence-corrected chi connectivity index (χ0v) is 11.2. The highest BCUT2D eigenvalue weighted by molar-refractivity contribution is 9.10. The van der Waals surface area contributed by atoms with Gasteiger partial charge in [0, 0.05) is 17.6 Å². The maximum Gasteiger partial charge on any atom is 0.242 e. The smallest absolute Gasteiger partial charge is 0.242 e. The van der Waals surface area contributed by atoms with Crippen LogP contribution < -0.4 is 5.73 Å². The Morgan fingerprint density at radius 2 is 2.18 bits per heavy atom. The highest BCUT2D eigenvalue weighted by Crippen LogP contribution is 2.36. The zero-order valence-electron chi connectivity index (χ0n) is 9.58. The van der Waals surface area contributed by atoms with Crippen LogP contribution in [-0.2, 0) is 17.8 Å². The third-order valence-corrected chi connectivity index (χ3v) is 4.45. The Kier molecular flexibility index (Phi) is 2.52. The number of carbonyl (C=O) groups excluding carboxylic acids is 1. The monoisotopic (exact) mass is 294 g/mol. The van der Waals surface area contributed by atoms with E-state index in [4.69, 9.17) is 5.73 Å². The van der Waals surface area contributed by atoms with Gasteiger partial charge in [0.1, 0.15) is 0 Å². The van der Waals surface area contributed by atoms with E-state index in [-0.39, 0.29) is 5.91 Å². The Balaban J connectivity index is 1.83. The third-order valence-electron chi connectivity index (χ3n) is 3.71. The first-order chi connectivity index (χ1) is 8.10. The number of nitrogens with zero attached hydrogens (tertiary/aromatic N) is 1. The predicted octanol–water partition coefficient (Wildman–Crippen LogP) is 1.83. The van der Waals surface area contributed by atoms with Gasteiger partial charge < -0.3 is 10.6 Å². The van der Waals surface area contributed by atoms with Gasteiger partial charge in [-0.3, -0.25) is 4.79 Å². The lowest BCUT2D eigenvalue weighted by atomic mass is 9.99. The van der Waals surface area contributed by atoms with E-state index in [2.05, 4.69) is 28.1 Å². The second-order valence-electron chi connectivity index (χ2n) is 5.01. The average molecular weight is 295 g/mol. The van der Waals surface area contributed by atoms with Crippen LogP contribution in [0.25, 0.3) is 0 Å². The van der Waals surface area contributed by atoms with Crippen LogP contribution >= 0.6 is 15.9 Å². The molecule has 1 aromatic rings. The summed E-state index contributed by atoms with van der Waals surface area (Å²) in [6.45, 7) is 1.49. The van der Waals surface area contributed by atoms with Crippen molar-refractivity contribution in [2.75, 3.05) is 6.54 Å². The largest absolute Gasteiger partial charge is 0.336 e. The molecule has 0 atom stereocenters. The summed E-state index contributed by atoms with van der Waals surface area (Å²) in [5.41, 5.74) is 8.00. The number of amides is 1. The molecule has 1 saturated carbocycles. The van der Waals surface area contributed by atoms with Gasteiger partial charge in [0.15, 0.2) is 0 Å². The van der Waals surface area contributed by atoms with Gasteiger partial charge in [-0.2, -0.15) is 0 Å². The molecule has 1 aliphatic heterocycles. The molecular formula is C13H15BrN2O. The summed E-state index contributed by atoms with van der Waals surface area (Å²) in [6.07, 6.45) is 2.60. The summed E-state index contributed by atoms with van der Waals surface area (Å²) in [6, 6.07) is 6.17. The van der Waals surface area contributed by atoms with E-state index in [1.165, 1.54) is 11.1 Å². The first-order valence-corrected chi connectivity index (χ1v) is 6.74. The van der Waals surface area contributed by atoms with Crippen LogP contribution in [0.1, 0.15) is 24.0 Å². The molecule has 3 nitrogen and oxygen atoms in total. The Morgan fingerprint density at radius 3 is 2.88 bits per heavy atom. The Labute approximate surface area is 109 Å². The van der Waals surface area contributed by atoms with Gasteiger partial charge in [-0.05, 0) is 36.5 Å². The topological polar surface area (TPSA) is 46.3 Å².